The first-order valence-corrected chi connectivity index (χ1v) is 18.7. The van der Waals surface area contributed by atoms with E-state index < -0.39 is 53.9 Å². The second-order valence-corrected chi connectivity index (χ2v) is 14.2. The topological polar surface area (TPSA) is 172 Å². The number of likely N-dealkylation sites (N-methyl/N-ethyl adjacent to an activating group) is 1. The van der Waals surface area contributed by atoms with E-state index in [2.05, 4.69) is 26.3 Å². The highest BCUT2D eigenvalue weighted by Crippen LogP contribution is 2.23. The molecule has 1 aliphatic rings. The van der Waals surface area contributed by atoms with Crippen LogP contribution in [0.4, 0.5) is 4.79 Å². The lowest BCUT2D eigenvalue weighted by Gasteiger charge is -2.29. The molecule has 5 rings (SSSR count). The molecule has 290 valence electrons. The molecule has 1 aliphatic heterocycles. The zero-order valence-electron chi connectivity index (χ0n) is 31.5. The maximum atomic E-state index is 14.2. The van der Waals surface area contributed by atoms with Crippen molar-refractivity contribution in [2.24, 2.45) is 5.92 Å². The predicted octanol–water partition coefficient (Wildman–Crippen LogP) is 4.88. The van der Waals surface area contributed by atoms with Crippen LogP contribution in [0, 0.1) is 5.92 Å². The van der Waals surface area contributed by atoms with Crippen molar-refractivity contribution in [1.29, 1.82) is 0 Å². The van der Waals surface area contributed by atoms with Crippen molar-refractivity contribution < 1.29 is 33.1 Å². The van der Waals surface area contributed by atoms with E-state index in [1.165, 1.54) is 18.2 Å². The van der Waals surface area contributed by atoms with Crippen LogP contribution in [0.25, 0.3) is 0 Å². The first kappa shape index (κ1) is 40.2. The SMILES string of the molecule is CC(C)C[C@@H]1NC(=O)[C@H](CCCCNC(=O)OCc2ccccc2)NC(=O)[C@H](Cc2ccccc2)NC(=O)[C@@H](Cc2ccccc2)N(C)C(=O)c2coc1n2. The third-order valence-electron chi connectivity index (χ3n) is 9.38. The van der Waals surface area contributed by atoms with E-state index in [4.69, 9.17) is 9.15 Å². The second-order valence-electron chi connectivity index (χ2n) is 14.2. The van der Waals surface area contributed by atoms with Gasteiger partial charge in [-0.3, -0.25) is 19.2 Å². The van der Waals surface area contributed by atoms with Crippen molar-refractivity contribution in [2.45, 2.75) is 83.1 Å². The largest absolute Gasteiger partial charge is 0.446 e. The fourth-order valence-corrected chi connectivity index (χ4v) is 6.38. The van der Waals surface area contributed by atoms with Gasteiger partial charge in [-0.1, -0.05) is 105 Å². The van der Waals surface area contributed by atoms with E-state index >= 15 is 0 Å². The zero-order chi connectivity index (χ0) is 39.2. The van der Waals surface area contributed by atoms with E-state index in [-0.39, 0.29) is 43.4 Å². The minimum Gasteiger partial charge on any atom is -0.446 e. The molecular weight excluding hydrogens is 700 g/mol. The van der Waals surface area contributed by atoms with Crippen molar-refractivity contribution >= 4 is 29.7 Å². The lowest BCUT2D eigenvalue weighted by atomic mass is 10.0. The van der Waals surface area contributed by atoms with Gasteiger partial charge in [0, 0.05) is 26.4 Å². The molecule has 3 aromatic carbocycles. The van der Waals surface area contributed by atoms with Crippen molar-refractivity contribution in [3.8, 4) is 0 Å². The van der Waals surface area contributed by atoms with Crippen LogP contribution in [-0.2, 0) is 38.6 Å². The summed E-state index contributed by atoms with van der Waals surface area (Å²) < 4.78 is 11.1. The predicted molar refractivity (Wildman–Crippen MR) is 205 cm³/mol. The molecular formula is C42H50N6O7. The summed E-state index contributed by atoms with van der Waals surface area (Å²) in [6, 6.07) is 24.1. The van der Waals surface area contributed by atoms with Crippen molar-refractivity contribution in [2.75, 3.05) is 13.6 Å². The number of nitrogens with zero attached hydrogens (tertiary/aromatic N) is 2. The highest BCUT2D eigenvalue weighted by Gasteiger charge is 2.35. The van der Waals surface area contributed by atoms with Crippen LogP contribution >= 0.6 is 0 Å². The van der Waals surface area contributed by atoms with Crippen molar-refractivity contribution in [3.05, 3.63) is 126 Å². The molecule has 0 unspecified atom stereocenters. The summed E-state index contributed by atoms with van der Waals surface area (Å²) in [6.07, 6.45) is 2.63. The van der Waals surface area contributed by atoms with Gasteiger partial charge >= 0.3 is 6.09 Å². The quantitative estimate of drug-likeness (QED) is 0.140. The maximum Gasteiger partial charge on any atom is 0.407 e. The Hall–Kier alpha value is -5.98. The molecule has 1 aromatic heterocycles. The van der Waals surface area contributed by atoms with E-state index in [1.807, 2.05) is 105 Å². The molecule has 2 heterocycles. The number of hydrogen-bond acceptors (Lipinski definition) is 8. The molecule has 2 bridgehead atoms. The second kappa shape index (κ2) is 19.9. The minimum atomic E-state index is -1.08. The first-order chi connectivity index (χ1) is 26.6. The maximum absolute atomic E-state index is 14.2. The van der Waals surface area contributed by atoms with Gasteiger partial charge in [-0.15, -0.1) is 0 Å². The molecule has 13 heteroatoms. The lowest BCUT2D eigenvalue weighted by molar-refractivity contribution is -0.133. The van der Waals surface area contributed by atoms with E-state index in [0.29, 0.717) is 25.8 Å². The number of carbonyl (C=O) groups is 5. The lowest BCUT2D eigenvalue weighted by Crippen LogP contribution is -2.58. The Kier molecular flexibility index (Phi) is 14.6. The number of alkyl carbamates (subject to hydrolysis) is 1. The standard InChI is InChI=1S/C42H50N6O7/c1-28(2)23-34-40-47-35(27-54-40)41(52)48(3)36(25-30-17-9-5-10-18-30)39(51)45-33(24-29-15-7-4-8-16-29)38(50)44-32(37(49)46-34)21-13-14-22-43-42(53)55-26-31-19-11-6-12-20-31/h4-12,15-20,27-28,32-34,36H,13-14,21-26H2,1-3H3,(H,43,53)(H,44,50)(H,45,51)(H,46,49)/t32-,33-,34-,36+/m0/s1. The summed E-state index contributed by atoms with van der Waals surface area (Å²) in [5, 5.41) is 11.6. The summed E-state index contributed by atoms with van der Waals surface area (Å²) in [5.74, 6) is -1.87. The normalized spacial score (nSPS) is 19.5. The number of carbonyl (C=O) groups excluding carboxylic acids is 5. The van der Waals surface area contributed by atoms with E-state index in [1.54, 1.807) is 0 Å². The van der Waals surface area contributed by atoms with Gasteiger partial charge in [0.1, 0.15) is 37.0 Å². The molecule has 13 nitrogen and oxygen atoms in total. The highest BCUT2D eigenvalue weighted by molar-refractivity contribution is 5.98. The fraction of sp³-hybridized carbons (Fsp3) is 0.381. The minimum absolute atomic E-state index is 0.0115. The number of ether oxygens (including phenoxy) is 1. The fourth-order valence-electron chi connectivity index (χ4n) is 6.38. The summed E-state index contributed by atoms with van der Waals surface area (Å²) in [5.41, 5.74) is 2.47. The van der Waals surface area contributed by atoms with Gasteiger partial charge in [0.05, 0.1) is 0 Å². The van der Waals surface area contributed by atoms with Gasteiger partial charge in [-0.2, -0.15) is 0 Å². The Labute approximate surface area is 321 Å². The van der Waals surface area contributed by atoms with E-state index in [0.717, 1.165) is 16.7 Å². The van der Waals surface area contributed by atoms with Crippen LogP contribution in [0.2, 0.25) is 0 Å². The summed E-state index contributed by atoms with van der Waals surface area (Å²) in [6.45, 7) is 4.41. The van der Waals surface area contributed by atoms with Gasteiger partial charge in [-0.25, -0.2) is 9.78 Å². The molecule has 55 heavy (non-hydrogen) atoms. The van der Waals surface area contributed by atoms with Gasteiger partial charge < -0.3 is 35.3 Å². The van der Waals surface area contributed by atoms with Crippen LogP contribution in [0.3, 0.4) is 0 Å². The number of hydrogen-bond donors (Lipinski definition) is 4. The molecule has 0 aliphatic carbocycles. The Morgan fingerprint density at radius 3 is 1.96 bits per heavy atom. The van der Waals surface area contributed by atoms with Crippen LogP contribution < -0.4 is 21.3 Å². The third kappa shape index (κ3) is 12.0. The van der Waals surface area contributed by atoms with Crippen LogP contribution in [0.5, 0.6) is 0 Å². The summed E-state index contributed by atoms with van der Waals surface area (Å²) >= 11 is 0. The van der Waals surface area contributed by atoms with Crippen LogP contribution in [0.1, 0.15) is 78.6 Å². The number of nitrogens with one attached hydrogen (secondary N) is 4. The summed E-state index contributed by atoms with van der Waals surface area (Å²) in [4.78, 5) is 74.4. The molecule has 4 aromatic rings. The number of oxazole rings is 1. The van der Waals surface area contributed by atoms with Crippen molar-refractivity contribution in [1.82, 2.24) is 31.2 Å². The van der Waals surface area contributed by atoms with Crippen molar-refractivity contribution in [3.63, 3.8) is 0 Å². The summed E-state index contributed by atoms with van der Waals surface area (Å²) in [7, 11) is 1.52. The van der Waals surface area contributed by atoms with Crippen LogP contribution in [-0.4, -0.2) is 71.3 Å². The average molecular weight is 751 g/mol. The number of unbranched alkanes of at least 4 members (excludes halogenated alkanes) is 1. The molecule has 0 fully saturated rings. The first-order valence-electron chi connectivity index (χ1n) is 18.7. The molecule has 4 atom stereocenters. The Morgan fingerprint density at radius 1 is 0.764 bits per heavy atom. The Morgan fingerprint density at radius 2 is 1.33 bits per heavy atom. The van der Waals surface area contributed by atoms with Gasteiger partial charge in [-0.05, 0) is 48.3 Å². The molecule has 0 radical (unpaired) electrons. The number of amides is 5. The number of rotatable bonds is 13. The third-order valence-corrected chi connectivity index (χ3v) is 9.38. The van der Waals surface area contributed by atoms with Gasteiger partial charge in [0.25, 0.3) is 5.91 Å². The van der Waals surface area contributed by atoms with Gasteiger partial charge in [0.15, 0.2) is 5.69 Å². The molecule has 5 amide bonds. The highest BCUT2D eigenvalue weighted by atomic mass is 16.5. The van der Waals surface area contributed by atoms with Crippen LogP contribution in [0.15, 0.2) is 102 Å². The number of benzene rings is 3. The van der Waals surface area contributed by atoms with Gasteiger partial charge in [0.2, 0.25) is 23.6 Å². The Bertz CT molecular complexity index is 1870. The average Bonchev–Trinajstić information content (AvgIpc) is 3.68. The molecule has 4 N–H and O–H groups in total. The van der Waals surface area contributed by atoms with E-state index in [9.17, 15) is 24.0 Å². The number of aromatic nitrogens is 1. The molecule has 0 saturated carbocycles. The smallest absolute Gasteiger partial charge is 0.407 e. The molecule has 0 saturated heterocycles. The zero-order valence-corrected chi connectivity index (χ0v) is 31.5. The Balaban J connectivity index is 1.39. The monoisotopic (exact) mass is 750 g/mol. The molecule has 0 spiro atoms. The number of fused-ring (bicyclic) bond motifs is 2.